The highest BCUT2D eigenvalue weighted by molar-refractivity contribution is 14.1. The molecule has 0 aliphatic rings. The quantitative estimate of drug-likeness (QED) is 0.756. The van der Waals surface area contributed by atoms with E-state index in [1.807, 2.05) is 36.4 Å². The topological polar surface area (TPSA) is 25.8 Å². The summed E-state index contributed by atoms with van der Waals surface area (Å²) >= 11 is 2.17. The van der Waals surface area contributed by atoms with E-state index in [4.69, 9.17) is 0 Å². The van der Waals surface area contributed by atoms with E-state index in [-0.39, 0.29) is 0 Å². The second kappa shape index (κ2) is 4.04. The van der Waals surface area contributed by atoms with Gasteiger partial charge in [-0.1, -0.05) is 30.3 Å². The fourth-order valence-electron chi connectivity index (χ4n) is 1.33. The second-order valence-electron chi connectivity index (χ2n) is 3.06. The highest BCUT2D eigenvalue weighted by atomic mass is 127. The zero-order chi connectivity index (χ0) is 9.97. The largest absolute Gasteiger partial charge is 0.149 e. The summed E-state index contributed by atoms with van der Waals surface area (Å²) in [5.41, 5.74) is 3.25. The molecule has 3 heteroatoms. The number of halogens is 1. The lowest BCUT2D eigenvalue weighted by molar-refractivity contribution is 0.994. The van der Waals surface area contributed by atoms with Crippen molar-refractivity contribution >= 4 is 22.6 Å². The van der Waals surface area contributed by atoms with Crippen LogP contribution in [0.5, 0.6) is 0 Å². The maximum atomic E-state index is 4.19. The molecule has 0 saturated heterocycles. The summed E-state index contributed by atoms with van der Waals surface area (Å²) in [6.07, 6.45) is 0. The molecular weight excluding hydrogens is 287 g/mol. The number of hydrogen-bond donors (Lipinski definition) is 0. The van der Waals surface area contributed by atoms with Gasteiger partial charge in [-0.05, 0) is 41.1 Å². The van der Waals surface area contributed by atoms with E-state index in [0.717, 1.165) is 20.5 Å². The molecule has 14 heavy (non-hydrogen) atoms. The van der Waals surface area contributed by atoms with Crippen molar-refractivity contribution in [1.29, 1.82) is 0 Å². The van der Waals surface area contributed by atoms with E-state index >= 15 is 0 Å². The van der Waals surface area contributed by atoms with Crippen molar-refractivity contribution in [3.8, 4) is 11.3 Å². The molecule has 2 nitrogen and oxygen atoms in total. The van der Waals surface area contributed by atoms with E-state index in [1.54, 1.807) is 0 Å². The average Bonchev–Trinajstić information content (AvgIpc) is 2.19. The van der Waals surface area contributed by atoms with E-state index < -0.39 is 0 Å². The summed E-state index contributed by atoms with van der Waals surface area (Å²) in [7, 11) is 0. The first-order valence-electron chi connectivity index (χ1n) is 4.32. The van der Waals surface area contributed by atoms with Gasteiger partial charge < -0.3 is 0 Å². The average molecular weight is 296 g/mol. The van der Waals surface area contributed by atoms with Crippen LogP contribution in [0.4, 0.5) is 0 Å². The summed E-state index contributed by atoms with van der Waals surface area (Å²) in [5.74, 6) is 0. The molecule has 0 aliphatic carbocycles. The van der Waals surface area contributed by atoms with Crippen molar-refractivity contribution in [1.82, 2.24) is 10.2 Å². The fourth-order valence-corrected chi connectivity index (χ4v) is 1.91. The third-order valence-electron chi connectivity index (χ3n) is 2.00. The molecule has 0 radical (unpaired) electrons. The van der Waals surface area contributed by atoms with Crippen LogP contribution in [-0.4, -0.2) is 10.2 Å². The number of aromatic nitrogens is 2. The Morgan fingerprint density at radius 2 is 1.79 bits per heavy atom. The van der Waals surface area contributed by atoms with E-state index in [0.29, 0.717) is 0 Å². The lowest BCUT2D eigenvalue weighted by Crippen LogP contribution is -1.93. The minimum Gasteiger partial charge on any atom is -0.149 e. The van der Waals surface area contributed by atoms with Crippen LogP contribution in [0.25, 0.3) is 11.3 Å². The van der Waals surface area contributed by atoms with Crippen LogP contribution in [0, 0.1) is 10.6 Å². The summed E-state index contributed by atoms with van der Waals surface area (Å²) in [4.78, 5) is 0. The van der Waals surface area contributed by atoms with Crippen LogP contribution in [0.3, 0.4) is 0 Å². The van der Waals surface area contributed by atoms with Crippen LogP contribution < -0.4 is 0 Å². The van der Waals surface area contributed by atoms with Crippen LogP contribution in [0.2, 0.25) is 0 Å². The first-order chi connectivity index (χ1) is 6.77. The monoisotopic (exact) mass is 296 g/mol. The van der Waals surface area contributed by atoms with Gasteiger partial charge in [0.2, 0.25) is 0 Å². The van der Waals surface area contributed by atoms with Crippen LogP contribution in [0.15, 0.2) is 36.4 Å². The molecule has 0 bridgehead atoms. The molecule has 1 aromatic heterocycles. The van der Waals surface area contributed by atoms with Crippen molar-refractivity contribution in [2.24, 2.45) is 0 Å². The number of aryl methyl sites for hydroxylation is 1. The molecule has 2 rings (SSSR count). The van der Waals surface area contributed by atoms with Gasteiger partial charge in [0.1, 0.15) is 3.70 Å². The highest BCUT2D eigenvalue weighted by Crippen LogP contribution is 2.20. The second-order valence-corrected chi connectivity index (χ2v) is 4.17. The lowest BCUT2D eigenvalue weighted by Gasteiger charge is -2.03. The summed E-state index contributed by atoms with van der Waals surface area (Å²) in [6, 6.07) is 12.1. The Labute approximate surface area is 96.5 Å². The molecule has 2 aromatic rings. The standard InChI is InChI=1S/C11H9IN2/c1-8-7-10(12)13-14-11(8)9-5-3-2-4-6-9/h2-7H,1H3. The van der Waals surface area contributed by atoms with Gasteiger partial charge in [0, 0.05) is 5.56 Å². The molecule has 0 fully saturated rings. The molecule has 0 spiro atoms. The van der Waals surface area contributed by atoms with Crippen molar-refractivity contribution < 1.29 is 0 Å². The zero-order valence-electron chi connectivity index (χ0n) is 7.74. The molecule has 0 amide bonds. The Morgan fingerprint density at radius 3 is 2.43 bits per heavy atom. The number of nitrogens with zero attached hydrogens (tertiary/aromatic N) is 2. The summed E-state index contributed by atoms with van der Waals surface area (Å²) in [5, 5.41) is 8.24. The zero-order valence-corrected chi connectivity index (χ0v) is 9.89. The predicted molar refractivity (Wildman–Crippen MR) is 64.9 cm³/mol. The normalized spacial score (nSPS) is 10.1. The van der Waals surface area contributed by atoms with Crippen molar-refractivity contribution in [2.75, 3.05) is 0 Å². The first-order valence-corrected chi connectivity index (χ1v) is 5.40. The molecule has 0 unspecified atom stereocenters. The van der Waals surface area contributed by atoms with Gasteiger partial charge in [-0.3, -0.25) is 0 Å². The van der Waals surface area contributed by atoms with Gasteiger partial charge in [-0.15, -0.1) is 10.2 Å². The fraction of sp³-hybridized carbons (Fsp3) is 0.0909. The Bertz CT molecular complexity index is 440. The minimum atomic E-state index is 0.930. The molecule has 0 atom stereocenters. The number of benzene rings is 1. The van der Waals surface area contributed by atoms with Gasteiger partial charge in [0.05, 0.1) is 5.69 Å². The van der Waals surface area contributed by atoms with E-state index in [1.165, 1.54) is 0 Å². The summed E-state index contributed by atoms with van der Waals surface area (Å²) < 4.78 is 0.930. The smallest absolute Gasteiger partial charge is 0.124 e. The van der Waals surface area contributed by atoms with Crippen LogP contribution >= 0.6 is 22.6 Å². The van der Waals surface area contributed by atoms with Gasteiger partial charge in [0.25, 0.3) is 0 Å². The Kier molecular flexibility index (Phi) is 2.77. The summed E-state index contributed by atoms with van der Waals surface area (Å²) in [6.45, 7) is 2.05. The molecule has 1 aromatic carbocycles. The van der Waals surface area contributed by atoms with Gasteiger partial charge >= 0.3 is 0 Å². The van der Waals surface area contributed by atoms with E-state index in [2.05, 4.69) is 39.7 Å². The molecule has 0 aliphatic heterocycles. The van der Waals surface area contributed by atoms with Crippen LogP contribution in [-0.2, 0) is 0 Å². The SMILES string of the molecule is Cc1cc(I)nnc1-c1ccccc1. The maximum absolute atomic E-state index is 4.19. The molecule has 1 heterocycles. The predicted octanol–water partition coefficient (Wildman–Crippen LogP) is 3.06. The van der Waals surface area contributed by atoms with Crippen molar-refractivity contribution in [2.45, 2.75) is 6.92 Å². The van der Waals surface area contributed by atoms with Gasteiger partial charge in [-0.25, -0.2) is 0 Å². The molecule has 0 saturated carbocycles. The van der Waals surface area contributed by atoms with Crippen LogP contribution in [0.1, 0.15) is 5.56 Å². The Morgan fingerprint density at radius 1 is 1.07 bits per heavy atom. The highest BCUT2D eigenvalue weighted by Gasteiger charge is 2.03. The molecule has 0 N–H and O–H groups in total. The van der Waals surface area contributed by atoms with Gasteiger partial charge in [0.15, 0.2) is 0 Å². The third-order valence-corrected chi connectivity index (χ3v) is 2.53. The molecule has 70 valence electrons. The lowest BCUT2D eigenvalue weighted by atomic mass is 10.1. The van der Waals surface area contributed by atoms with E-state index in [9.17, 15) is 0 Å². The first kappa shape index (κ1) is 9.58. The Balaban J connectivity index is 2.53. The number of hydrogen-bond acceptors (Lipinski definition) is 2. The number of rotatable bonds is 1. The minimum absolute atomic E-state index is 0.930. The molecular formula is C11H9IN2. The third kappa shape index (κ3) is 1.92. The Hall–Kier alpha value is -0.970. The van der Waals surface area contributed by atoms with Gasteiger partial charge in [-0.2, -0.15) is 0 Å². The van der Waals surface area contributed by atoms with Crippen molar-refractivity contribution in [3.63, 3.8) is 0 Å². The van der Waals surface area contributed by atoms with Crippen molar-refractivity contribution in [3.05, 3.63) is 45.7 Å². The maximum Gasteiger partial charge on any atom is 0.124 e.